The molecule has 0 saturated heterocycles. The summed E-state index contributed by atoms with van der Waals surface area (Å²) in [6, 6.07) is 5.16. The Labute approximate surface area is 106 Å². The number of aliphatic hydroxyl groups excluding tert-OH is 1. The molecule has 0 radical (unpaired) electrons. The van der Waals surface area contributed by atoms with Crippen molar-refractivity contribution in [3.63, 3.8) is 0 Å². The van der Waals surface area contributed by atoms with Gasteiger partial charge in [0.25, 0.3) is 0 Å². The molecule has 1 rings (SSSR count). The average molecular weight is 249 g/mol. The second-order valence-electron chi connectivity index (χ2n) is 3.54. The molecule has 0 unspecified atom stereocenters. The Morgan fingerprint density at radius 2 is 2.22 bits per heavy atom. The fraction of sp³-hybridized carbons (Fsp3) is 0.385. The lowest BCUT2D eigenvalue weighted by Crippen LogP contribution is -2.11. The molecule has 1 aromatic rings. The maximum Gasteiger partial charge on any atom is 0.310 e. The number of rotatable bonds is 5. The molecule has 5 nitrogen and oxygen atoms in total. The number of ether oxygens (including phenoxy) is 2. The molecule has 0 heterocycles. The van der Waals surface area contributed by atoms with E-state index in [1.54, 1.807) is 19.1 Å². The molecule has 18 heavy (non-hydrogen) atoms. The van der Waals surface area contributed by atoms with E-state index in [4.69, 9.17) is 14.7 Å². The summed E-state index contributed by atoms with van der Waals surface area (Å²) >= 11 is 0. The maximum atomic E-state index is 11.5. The van der Waals surface area contributed by atoms with Crippen LogP contribution in [0.3, 0.4) is 0 Å². The number of nitriles is 1. The van der Waals surface area contributed by atoms with Crippen LogP contribution < -0.4 is 4.74 Å². The quantitative estimate of drug-likeness (QED) is 0.792. The normalized spacial score (nSPS) is 9.67. The number of methoxy groups -OCH3 is 1. The molecule has 0 atom stereocenters. The highest BCUT2D eigenvalue weighted by atomic mass is 16.5. The number of hydrogen-bond donors (Lipinski definition) is 1. The molecule has 96 valence electrons. The molecule has 0 aliphatic rings. The Hall–Kier alpha value is -2.06. The summed E-state index contributed by atoms with van der Waals surface area (Å²) in [4.78, 5) is 11.5. The van der Waals surface area contributed by atoms with E-state index in [2.05, 4.69) is 0 Å². The zero-order chi connectivity index (χ0) is 13.5. The van der Waals surface area contributed by atoms with Crippen molar-refractivity contribution < 1.29 is 19.4 Å². The predicted molar refractivity (Wildman–Crippen MR) is 64.0 cm³/mol. The van der Waals surface area contributed by atoms with Crippen molar-refractivity contribution in [3.8, 4) is 11.8 Å². The summed E-state index contributed by atoms with van der Waals surface area (Å²) in [6.07, 6.45) is -0.0479. The van der Waals surface area contributed by atoms with E-state index in [1.807, 2.05) is 6.07 Å². The van der Waals surface area contributed by atoms with Gasteiger partial charge in [0.1, 0.15) is 5.75 Å². The predicted octanol–water partition coefficient (Wildman–Crippen LogP) is 1.16. The molecule has 0 bridgehead atoms. The molecule has 0 aliphatic heterocycles. The van der Waals surface area contributed by atoms with E-state index >= 15 is 0 Å². The van der Waals surface area contributed by atoms with Crippen molar-refractivity contribution in [1.82, 2.24) is 0 Å². The SMILES string of the molecule is CCOC(=O)Cc1c(C#N)ccc(CO)c1OC. The van der Waals surface area contributed by atoms with Crippen molar-refractivity contribution in [3.05, 3.63) is 28.8 Å². The zero-order valence-electron chi connectivity index (χ0n) is 10.4. The first-order chi connectivity index (χ1) is 8.67. The van der Waals surface area contributed by atoms with E-state index in [-0.39, 0.29) is 19.6 Å². The lowest BCUT2D eigenvalue weighted by Gasteiger charge is -2.13. The van der Waals surface area contributed by atoms with Crippen molar-refractivity contribution in [1.29, 1.82) is 5.26 Å². The smallest absolute Gasteiger partial charge is 0.310 e. The van der Waals surface area contributed by atoms with E-state index < -0.39 is 5.97 Å². The van der Waals surface area contributed by atoms with E-state index in [0.29, 0.717) is 22.4 Å². The van der Waals surface area contributed by atoms with Gasteiger partial charge in [-0.15, -0.1) is 0 Å². The zero-order valence-corrected chi connectivity index (χ0v) is 10.4. The molecule has 5 heteroatoms. The molecular weight excluding hydrogens is 234 g/mol. The third kappa shape index (κ3) is 2.99. The second kappa shape index (κ2) is 6.62. The van der Waals surface area contributed by atoms with Crippen molar-refractivity contribution in [2.24, 2.45) is 0 Å². The number of nitrogens with zero attached hydrogens (tertiary/aromatic N) is 1. The van der Waals surface area contributed by atoms with Gasteiger partial charge in [-0.25, -0.2) is 0 Å². The molecule has 0 saturated carbocycles. The number of benzene rings is 1. The first-order valence-corrected chi connectivity index (χ1v) is 5.53. The summed E-state index contributed by atoms with van der Waals surface area (Å²) in [5, 5.41) is 18.2. The molecule has 0 aromatic heterocycles. The van der Waals surface area contributed by atoms with Gasteiger partial charge in [0.2, 0.25) is 0 Å². The minimum absolute atomic E-state index is 0.0479. The number of esters is 1. The molecule has 1 aromatic carbocycles. The number of aliphatic hydroxyl groups is 1. The molecule has 0 spiro atoms. The van der Waals surface area contributed by atoms with Crippen LogP contribution >= 0.6 is 0 Å². The van der Waals surface area contributed by atoms with Gasteiger partial charge in [0.05, 0.1) is 38.4 Å². The topological polar surface area (TPSA) is 79.6 Å². The van der Waals surface area contributed by atoms with Gasteiger partial charge in [0, 0.05) is 11.1 Å². The van der Waals surface area contributed by atoms with Gasteiger partial charge in [-0.3, -0.25) is 4.79 Å². The summed E-state index contributed by atoms with van der Waals surface area (Å²) in [5.74, 6) is -0.0630. The molecule has 0 fully saturated rings. The van der Waals surface area contributed by atoms with E-state index in [0.717, 1.165) is 0 Å². The fourth-order valence-corrected chi connectivity index (χ4v) is 1.69. The Bertz CT molecular complexity index is 477. The average Bonchev–Trinajstić information content (AvgIpc) is 2.38. The monoisotopic (exact) mass is 249 g/mol. The Kier molecular flexibility index (Phi) is 5.15. The first kappa shape index (κ1) is 14.0. The minimum atomic E-state index is -0.428. The van der Waals surface area contributed by atoms with Crippen molar-refractivity contribution in [2.45, 2.75) is 20.0 Å². The molecular formula is C13H15NO4. The third-order valence-electron chi connectivity index (χ3n) is 2.46. The van der Waals surface area contributed by atoms with Gasteiger partial charge in [0.15, 0.2) is 0 Å². The molecule has 1 N–H and O–H groups in total. The minimum Gasteiger partial charge on any atom is -0.496 e. The van der Waals surface area contributed by atoms with Crippen molar-refractivity contribution in [2.75, 3.05) is 13.7 Å². The van der Waals surface area contributed by atoms with Crippen LogP contribution in [-0.4, -0.2) is 24.8 Å². The Morgan fingerprint density at radius 1 is 1.50 bits per heavy atom. The van der Waals surface area contributed by atoms with Gasteiger partial charge >= 0.3 is 5.97 Å². The third-order valence-corrected chi connectivity index (χ3v) is 2.46. The lowest BCUT2D eigenvalue weighted by atomic mass is 10.0. The number of carbonyl (C=O) groups excluding carboxylic acids is 1. The van der Waals surface area contributed by atoms with Crippen LogP contribution in [0, 0.1) is 11.3 Å². The number of hydrogen-bond acceptors (Lipinski definition) is 5. The first-order valence-electron chi connectivity index (χ1n) is 5.53. The molecule has 0 amide bonds. The summed E-state index contributed by atoms with van der Waals surface area (Å²) in [7, 11) is 1.43. The largest absolute Gasteiger partial charge is 0.496 e. The summed E-state index contributed by atoms with van der Waals surface area (Å²) < 4.78 is 10.0. The summed E-state index contributed by atoms with van der Waals surface area (Å²) in [6.45, 7) is 1.78. The highest BCUT2D eigenvalue weighted by molar-refractivity contribution is 5.75. The van der Waals surface area contributed by atoms with E-state index in [9.17, 15) is 9.90 Å². The van der Waals surface area contributed by atoms with Gasteiger partial charge in [-0.2, -0.15) is 5.26 Å². The van der Waals surface area contributed by atoms with Gasteiger partial charge in [-0.05, 0) is 13.0 Å². The second-order valence-corrected chi connectivity index (χ2v) is 3.54. The van der Waals surface area contributed by atoms with Crippen LogP contribution in [0.1, 0.15) is 23.6 Å². The van der Waals surface area contributed by atoms with Gasteiger partial charge in [-0.1, -0.05) is 6.07 Å². The van der Waals surface area contributed by atoms with Crippen LogP contribution in [0.4, 0.5) is 0 Å². The van der Waals surface area contributed by atoms with Crippen LogP contribution in [0.5, 0.6) is 5.75 Å². The van der Waals surface area contributed by atoms with E-state index in [1.165, 1.54) is 7.11 Å². The van der Waals surface area contributed by atoms with Gasteiger partial charge < -0.3 is 14.6 Å². The van der Waals surface area contributed by atoms with Crippen LogP contribution in [0.2, 0.25) is 0 Å². The molecule has 0 aliphatic carbocycles. The Morgan fingerprint density at radius 3 is 2.72 bits per heavy atom. The van der Waals surface area contributed by atoms with Crippen LogP contribution in [-0.2, 0) is 22.6 Å². The highest BCUT2D eigenvalue weighted by Gasteiger charge is 2.17. The fourth-order valence-electron chi connectivity index (χ4n) is 1.69. The number of carbonyl (C=O) groups is 1. The van der Waals surface area contributed by atoms with Crippen LogP contribution in [0.15, 0.2) is 12.1 Å². The lowest BCUT2D eigenvalue weighted by molar-refractivity contribution is -0.142. The van der Waals surface area contributed by atoms with Crippen LogP contribution in [0.25, 0.3) is 0 Å². The summed E-state index contributed by atoms with van der Waals surface area (Å²) in [5.41, 5.74) is 1.33. The standard InChI is InChI=1S/C13H15NO4/c1-3-18-12(16)6-11-9(7-14)4-5-10(8-15)13(11)17-2/h4-5,15H,3,6,8H2,1-2H3. The van der Waals surface area contributed by atoms with Crippen molar-refractivity contribution >= 4 is 5.97 Å². The highest BCUT2D eigenvalue weighted by Crippen LogP contribution is 2.28. The maximum absolute atomic E-state index is 11.5. The Balaban J connectivity index is 3.20.